The smallest absolute Gasteiger partial charge is 0.203 e. The van der Waals surface area contributed by atoms with Gasteiger partial charge in [-0.1, -0.05) is 6.07 Å². The fraction of sp³-hybridized carbons (Fsp3) is 0.188. The van der Waals surface area contributed by atoms with Crippen LogP contribution in [0.3, 0.4) is 0 Å². The van der Waals surface area contributed by atoms with Crippen LogP contribution >= 0.6 is 0 Å². The lowest BCUT2D eigenvalue weighted by Crippen LogP contribution is -1.96. The van der Waals surface area contributed by atoms with Crippen LogP contribution in [0.5, 0.6) is 23.0 Å². The van der Waals surface area contributed by atoms with Crippen molar-refractivity contribution in [3.63, 3.8) is 0 Å². The van der Waals surface area contributed by atoms with Crippen LogP contribution in [-0.4, -0.2) is 32.7 Å². The molecular formula is C16H17NO4. The average molecular weight is 287 g/mol. The first-order chi connectivity index (χ1) is 10.2. The number of ether oxygens (including phenoxy) is 3. The highest BCUT2D eigenvalue weighted by atomic mass is 16.5. The Kier molecular flexibility index (Phi) is 4.66. The molecule has 0 unspecified atom stereocenters. The number of phenolic OH excluding ortho intramolecular Hbond substituents is 1. The molecule has 2 aromatic rings. The Morgan fingerprint density at radius 3 is 2.14 bits per heavy atom. The third-order valence-electron chi connectivity index (χ3n) is 2.88. The molecule has 0 saturated heterocycles. The van der Waals surface area contributed by atoms with Crippen molar-refractivity contribution in [1.82, 2.24) is 0 Å². The first kappa shape index (κ1) is 14.7. The van der Waals surface area contributed by atoms with E-state index in [0.717, 1.165) is 5.56 Å². The molecule has 0 amide bonds. The van der Waals surface area contributed by atoms with Crippen molar-refractivity contribution in [2.24, 2.45) is 4.99 Å². The lowest BCUT2D eigenvalue weighted by Gasteiger charge is -2.12. The molecular weight excluding hydrogens is 270 g/mol. The zero-order chi connectivity index (χ0) is 15.2. The van der Waals surface area contributed by atoms with E-state index in [1.54, 1.807) is 63.9 Å². The molecule has 110 valence electrons. The van der Waals surface area contributed by atoms with Gasteiger partial charge in [-0.05, 0) is 24.3 Å². The van der Waals surface area contributed by atoms with Crippen LogP contribution in [0, 0.1) is 0 Å². The zero-order valence-electron chi connectivity index (χ0n) is 12.2. The molecule has 0 heterocycles. The topological polar surface area (TPSA) is 60.3 Å². The molecule has 0 spiro atoms. The summed E-state index contributed by atoms with van der Waals surface area (Å²) in [5.74, 6) is 1.84. The standard InChI is InChI=1S/C16H17NO4/c1-19-14-7-11(8-15(20-2)16(14)21-3)10-17-12-5-4-6-13(18)9-12/h4-10,18H,1-3H3. The molecule has 0 aliphatic carbocycles. The van der Waals surface area contributed by atoms with E-state index in [-0.39, 0.29) is 5.75 Å². The van der Waals surface area contributed by atoms with E-state index in [1.165, 1.54) is 0 Å². The minimum atomic E-state index is 0.176. The van der Waals surface area contributed by atoms with Crippen LogP contribution in [-0.2, 0) is 0 Å². The Balaban J connectivity index is 2.36. The number of benzene rings is 2. The summed E-state index contributed by atoms with van der Waals surface area (Å²) in [6.07, 6.45) is 1.67. The second kappa shape index (κ2) is 6.65. The molecule has 21 heavy (non-hydrogen) atoms. The third-order valence-corrected chi connectivity index (χ3v) is 2.88. The van der Waals surface area contributed by atoms with Gasteiger partial charge in [-0.15, -0.1) is 0 Å². The maximum Gasteiger partial charge on any atom is 0.203 e. The lowest BCUT2D eigenvalue weighted by atomic mass is 10.2. The Morgan fingerprint density at radius 2 is 1.62 bits per heavy atom. The first-order valence-electron chi connectivity index (χ1n) is 6.31. The molecule has 0 fully saturated rings. The monoisotopic (exact) mass is 287 g/mol. The van der Waals surface area contributed by atoms with Gasteiger partial charge in [0.05, 0.1) is 27.0 Å². The number of aromatic hydroxyl groups is 1. The van der Waals surface area contributed by atoms with E-state index in [2.05, 4.69) is 4.99 Å². The number of phenols is 1. The summed E-state index contributed by atoms with van der Waals surface area (Å²) in [7, 11) is 4.68. The van der Waals surface area contributed by atoms with E-state index in [4.69, 9.17) is 14.2 Å². The van der Waals surface area contributed by atoms with Gasteiger partial charge in [-0.25, -0.2) is 0 Å². The average Bonchev–Trinajstić information content (AvgIpc) is 2.51. The largest absolute Gasteiger partial charge is 0.508 e. The highest BCUT2D eigenvalue weighted by Gasteiger charge is 2.12. The third kappa shape index (κ3) is 3.45. The van der Waals surface area contributed by atoms with E-state index in [1.807, 2.05) is 0 Å². The molecule has 0 saturated carbocycles. The maximum absolute atomic E-state index is 9.41. The van der Waals surface area contributed by atoms with E-state index in [0.29, 0.717) is 22.9 Å². The SMILES string of the molecule is COc1cc(C=Nc2cccc(O)c2)cc(OC)c1OC. The van der Waals surface area contributed by atoms with Gasteiger partial charge >= 0.3 is 0 Å². The van der Waals surface area contributed by atoms with E-state index >= 15 is 0 Å². The normalized spacial score (nSPS) is 10.6. The van der Waals surface area contributed by atoms with Gasteiger partial charge in [0.25, 0.3) is 0 Å². The molecule has 0 bridgehead atoms. The van der Waals surface area contributed by atoms with Crippen LogP contribution in [0.2, 0.25) is 0 Å². The van der Waals surface area contributed by atoms with Crippen molar-refractivity contribution >= 4 is 11.9 Å². The predicted molar refractivity (Wildman–Crippen MR) is 81.5 cm³/mol. The Bertz CT molecular complexity index is 627. The molecule has 0 aliphatic heterocycles. The molecule has 0 aromatic heterocycles. The van der Waals surface area contributed by atoms with Crippen molar-refractivity contribution in [1.29, 1.82) is 0 Å². The van der Waals surface area contributed by atoms with Crippen molar-refractivity contribution in [3.8, 4) is 23.0 Å². The highest BCUT2D eigenvalue weighted by molar-refractivity contribution is 5.84. The summed E-state index contributed by atoms with van der Waals surface area (Å²) in [5, 5.41) is 9.41. The number of rotatable bonds is 5. The van der Waals surface area contributed by atoms with Crippen LogP contribution in [0.25, 0.3) is 0 Å². The number of aliphatic imine (C=N–C) groups is 1. The van der Waals surface area contributed by atoms with Crippen molar-refractivity contribution in [2.75, 3.05) is 21.3 Å². The van der Waals surface area contributed by atoms with E-state index < -0.39 is 0 Å². The van der Waals surface area contributed by atoms with Crippen molar-refractivity contribution in [3.05, 3.63) is 42.0 Å². The van der Waals surface area contributed by atoms with Crippen LogP contribution in [0.15, 0.2) is 41.4 Å². The van der Waals surface area contributed by atoms with Gasteiger partial charge in [-0.2, -0.15) is 0 Å². The van der Waals surface area contributed by atoms with Crippen molar-refractivity contribution in [2.45, 2.75) is 0 Å². The quantitative estimate of drug-likeness (QED) is 0.858. The van der Waals surface area contributed by atoms with E-state index in [9.17, 15) is 5.11 Å². The first-order valence-corrected chi connectivity index (χ1v) is 6.31. The minimum absolute atomic E-state index is 0.176. The highest BCUT2D eigenvalue weighted by Crippen LogP contribution is 2.37. The molecule has 2 rings (SSSR count). The molecule has 2 aromatic carbocycles. The van der Waals surface area contributed by atoms with Gasteiger partial charge in [-0.3, -0.25) is 4.99 Å². The summed E-state index contributed by atoms with van der Waals surface area (Å²) in [6, 6.07) is 10.3. The van der Waals surface area contributed by atoms with Gasteiger partial charge in [0.1, 0.15) is 5.75 Å². The zero-order valence-corrected chi connectivity index (χ0v) is 12.2. The fourth-order valence-corrected chi connectivity index (χ4v) is 1.90. The van der Waals surface area contributed by atoms with Crippen LogP contribution in [0.1, 0.15) is 5.56 Å². The fourth-order valence-electron chi connectivity index (χ4n) is 1.90. The summed E-state index contributed by atoms with van der Waals surface area (Å²) in [6.45, 7) is 0. The Morgan fingerprint density at radius 1 is 0.952 bits per heavy atom. The van der Waals surface area contributed by atoms with Gasteiger partial charge in [0.15, 0.2) is 11.5 Å². The van der Waals surface area contributed by atoms with Crippen LogP contribution < -0.4 is 14.2 Å². The predicted octanol–water partition coefficient (Wildman–Crippen LogP) is 3.17. The summed E-state index contributed by atoms with van der Waals surface area (Å²) >= 11 is 0. The maximum atomic E-state index is 9.41. The van der Waals surface area contributed by atoms with Gasteiger partial charge in [0, 0.05) is 17.8 Å². The molecule has 1 N–H and O–H groups in total. The van der Waals surface area contributed by atoms with Gasteiger partial charge < -0.3 is 19.3 Å². The second-order valence-corrected chi connectivity index (χ2v) is 4.24. The summed E-state index contributed by atoms with van der Waals surface area (Å²) < 4.78 is 15.8. The molecule has 0 aliphatic rings. The minimum Gasteiger partial charge on any atom is -0.508 e. The molecule has 0 atom stereocenters. The number of methoxy groups -OCH3 is 3. The van der Waals surface area contributed by atoms with Crippen molar-refractivity contribution < 1.29 is 19.3 Å². The number of nitrogens with zero attached hydrogens (tertiary/aromatic N) is 1. The Hall–Kier alpha value is -2.69. The number of hydrogen-bond donors (Lipinski definition) is 1. The molecule has 0 radical (unpaired) electrons. The molecule has 5 nitrogen and oxygen atoms in total. The summed E-state index contributed by atoms with van der Waals surface area (Å²) in [5.41, 5.74) is 1.46. The van der Waals surface area contributed by atoms with Gasteiger partial charge in [0.2, 0.25) is 5.75 Å². The van der Waals surface area contributed by atoms with Crippen LogP contribution in [0.4, 0.5) is 5.69 Å². The summed E-state index contributed by atoms with van der Waals surface area (Å²) in [4.78, 5) is 4.31. The second-order valence-electron chi connectivity index (χ2n) is 4.24. The molecule has 5 heteroatoms. The number of hydrogen-bond acceptors (Lipinski definition) is 5. The lowest BCUT2D eigenvalue weighted by molar-refractivity contribution is 0.324. The Labute approximate surface area is 123 Å².